The summed E-state index contributed by atoms with van der Waals surface area (Å²) in [7, 11) is 0. The molecule has 8 heteroatoms. The fourth-order valence-corrected chi connectivity index (χ4v) is 2.86. The topological polar surface area (TPSA) is 65.2 Å². The number of benzene rings is 2. The van der Waals surface area contributed by atoms with Gasteiger partial charge < -0.3 is 9.26 Å². The van der Waals surface area contributed by atoms with Crippen LogP contribution in [0.1, 0.15) is 11.5 Å². The molecule has 5 nitrogen and oxygen atoms in total. The van der Waals surface area contributed by atoms with Crippen LogP contribution in [0, 0.1) is 0 Å². The summed E-state index contributed by atoms with van der Waals surface area (Å²) in [5.41, 5.74) is 1.14. The van der Waals surface area contributed by atoms with Crippen molar-refractivity contribution < 1.29 is 14.1 Å². The summed E-state index contributed by atoms with van der Waals surface area (Å²) in [6.45, 7) is -0.154. The van der Waals surface area contributed by atoms with E-state index in [9.17, 15) is 4.79 Å². The second kappa shape index (κ2) is 7.87. The van der Waals surface area contributed by atoms with Crippen LogP contribution >= 0.6 is 34.8 Å². The van der Waals surface area contributed by atoms with Gasteiger partial charge in [0.05, 0.1) is 11.4 Å². The molecule has 0 radical (unpaired) electrons. The fraction of sp³-hybridized carbons (Fsp3) is 0.118. The number of esters is 1. The molecule has 1 aromatic heterocycles. The van der Waals surface area contributed by atoms with Crippen LogP contribution in [0.3, 0.4) is 0 Å². The van der Waals surface area contributed by atoms with Gasteiger partial charge in [-0.3, -0.25) is 4.79 Å². The van der Waals surface area contributed by atoms with Crippen LogP contribution in [0.5, 0.6) is 0 Å². The lowest BCUT2D eigenvalue weighted by atomic mass is 10.1. The third-order valence-corrected chi connectivity index (χ3v) is 4.36. The third kappa shape index (κ3) is 4.31. The summed E-state index contributed by atoms with van der Waals surface area (Å²) in [6.07, 6.45) is -0.0516. The molecule has 0 unspecified atom stereocenters. The molecule has 0 saturated carbocycles. The largest absolute Gasteiger partial charge is 0.455 e. The number of rotatable bonds is 5. The molecule has 25 heavy (non-hydrogen) atoms. The van der Waals surface area contributed by atoms with Crippen molar-refractivity contribution in [2.45, 2.75) is 13.0 Å². The fourth-order valence-electron chi connectivity index (χ4n) is 2.10. The maximum Gasteiger partial charge on any atom is 0.310 e. The Morgan fingerprint density at radius 1 is 1.00 bits per heavy atom. The molecule has 0 atom stereocenters. The Bertz CT molecular complexity index is 891. The maximum absolute atomic E-state index is 12.0. The van der Waals surface area contributed by atoms with E-state index in [-0.39, 0.29) is 18.9 Å². The molecular formula is C17H11Cl3N2O3. The van der Waals surface area contributed by atoms with Crippen molar-refractivity contribution in [2.75, 3.05) is 0 Å². The number of carbonyl (C=O) groups is 1. The molecule has 0 aliphatic heterocycles. The number of hydrogen-bond donors (Lipinski definition) is 0. The van der Waals surface area contributed by atoms with Crippen LogP contribution in [0.25, 0.3) is 11.4 Å². The van der Waals surface area contributed by atoms with Crippen molar-refractivity contribution in [1.29, 1.82) is 0 Å². The minimum absolute atomic E-state index is 0.0516. The summed E-state index contributed by atoms with van der Waals surface area (Å²) in [5.74, 6) is -0.0215. The van der Waals surface area contributed by atoms with Gasteiger partial charge >= 0.3 is 5.97 Å². The number of ether oxygens (including phenoxy) is 1. The number of aromatic nitrogens is 2. The summed E-state index contributed by atoms with van der Waals surface area (Å²) >= 11 is 18.1. The van der Waals surface area contributed by atoms with E-state index in [1.165, 1.54) is 0 Å². The van der Waals surface area contributed by atoms with E-state index >= 15 is 0 Å². The molecule has 2 aromatic carbocycles. The van der Waals surface area contributed by atoms with Gasteiger partial charge in [0.1, 0.15) is 0 Å². The Labute approximate surface area is 158 Å². The zero-order valence-corrected chi connectivity index (χ0v) is 15.0. The summed E-state index contributed by atoms with van der Waals surface area (Å²) < 4.78 is 10.2. The summed E-state index contributed by atoms with van der Waals surface area (Å²) in [4.78, 5) is 16.1. The van der Waals surface area contributed by atoms with E-state index in [2.05, 4.69) is 10.1 Å². The summed E-state index contributed by atoms with van der Waals surface area (Å²) in [6, 6.07) is 12.1. The number of halogens is 3. The smallest absolute Gasteiger partial charge is 0.310 e. The van der Waals surface area contributed by atoms with E-state index in [0.29, 0.717) is 32.0 Å². The van der Waals surface area contributed by atoms with Gasteiger partial charge in [-0.15, -0.1) is 0 Å². The number of nitrogens with zero attached hydrogens (tertiary/aromatic N) is 2. The predicted molar refractivity (Wildman–Crippen MR) is 94.7 cm³/mol. The summed E-state index contributed by atoms with van der Waals surface area (Å²) in [5, 5.41) is 5.15. The SMILES string of the molecule is O=C(Cc1c(Cl)cccc1Cl)OCc1nc(-c2ccccc2Cl)no1. The second-order valence-electron chi connectivity index (χ2n) is 5.03. The van der Waals surface area contributed by atoms with Crippen LogP contribution < -0.4 is 0 Å². The Kier molecular flexibility index (Phi) is 5.58. The molecule has 0 aliphatic rings. The van der Waals surface area contributed by atoms with Crippen LogP contribution in [0.4, 0.5) is 0 Å². The van der Waals surface area contributed by atoms with Crippen molar-refractivity contribution >= 4 is 40.8 Å². The highest BCUT2D eigenvalue weighted by molar-refractivity contribution is 6.36. The van der Waals surface area contributed by atoms with E-state index in [4.69, 9.17) is 44.1 Å². The van der Waals surface area contributed by atoms with Crippen molar-refractivity contribution in [3.05, 3.63) is 69.0 Å². The highest BCUT2D eigenvalue weighted by Gasteiger charge is 2.15. The molecule has 0 bridgehead atoms. The molecule has 3 aromatic rings. The third-order valence-electron chi connectivity index (χ3n) is 3.32. The van der Waals surface area contributed by atoms with E-state index in [1.807, 2.05) is 6.07 Å². The predicted octanol–water partition coefficient (Wildman–Crippen LogP) is 4.98. The minimum Gasteiger partial charge on any atom is -0.455 e. The first-order valence-electron chi connectivity index (χ1n) is 7.20. The highest BCUT2D eigenvalue weighted by atomic mass is 35.5. The van der Waals surface area contributed by atoms with Crippen molar-refractivity contribution in [3.63, 3.8) is 0 Å². The lowest BCUT2D eigenvalue weighted by molar-refractivity contribution is -0.144. The first-order valence-corrected chi connectivity index (χ1v) is 8.34. The second-order valence-corrected chi connectivity index (χ2v) is 6.25. The molecule has 0 saturated heterocycles. The number of carbonyl (C=O) groups excluding carboxylic acids is 1. The molecule has 0 aliphatic carbocycles. The van der Waals surface area contributed by atoms with Gasteiger partial charge in [-0.1, -0.05) is 58.2 Å². The lowest BCUT2D eigenvalue weighted by Gasteiger charge is -2.06. The average molecular weight is 398 g/mol. The molecule has 0 fully saturated rings. The monoisotopic (exact) mass is 396 g/mol. The van der Waals surface area contributed by atoms with Gasteiger partial charge in [0.15, 0.2) is 6.61 Å². The van der Waals surface area contributed by atoms with Crippen LogP contribution in [-0.4, -0.2) is 16.1 Å². The van der Waals surface area contributed by atoms with Gasteiger partial charge in [-0.05, 0) is 24.3 Å². The zero-order valence-electron chi connectivity index (χ0n) is 12.7. The van der Waals surface area contributed by atoms with Gasteiger partial charge in [-0.25, -0.2) is 0 Å². The van der Waals surface area contributed by atoms with Gasteiger partial charge in [0.25, 0.3) is 5.89 Å². The Morgan fingerprint density at radius 3 is 2.40 bits per heavy atom. The maximum atomic E-state index is 12.0. The minimum atomic E-state index is -0.507. The van der Waals surface area contributed by atoms with Crippen molar-refractivity contribution in [3.8, 4) is 11.4 Å². The van der Waals surface area contributed by atoms with Gasteiger partial charge in [0, 0.05) is 21.2 Å². The Morgan fingerprint density at radius 2 is 1.68 bits per heavy atom. The van der Waals surface area contributed by atoms with Crippen molar-refractivity contribution in [2.24, 2.45) is 0 Å². The van der Waals surface area contributed by atoms with Gasteiger partial charge in [-0.2, -0.15) is 4.98 Å². The molecule has 1 heterocycles. The molecule has 128 valence electrons. The first kappa shape index (κ1) is 17.7. The molecule has 3 rings (SSSR count). The van der Waals surface area contributed by atoms with E-state index in [0.717, 1.165) is 0 Å². The van der Waals surface area contributed by atoms with E-state index < -0.39 is 5.97 Å². The molecule has 0 spiro atoms. The molecular weight excluding hydrogens is 387 g/mol. The number of hydrogen-bond acceptors (Lipinski definition) is 5. The quantitative estimate of drug-likeness (QED) is 0.568. The Hall–Kier alpha value is -2.08. The van der Waals surface area contributed by atoms with E-state index in [1.54, 1.807) is 36.4 Å². The average Bonchev–Trinajstić information content (AvgIpc) is 3.06. The first-order chi connectivity index (χ1) is 12.0. The van der Waals surface area contributed by atoms with Crippen molar-refractivity contribution in [1.82, 2.24) is 10.1 Å². The molecule has 0 amide bonds. The van der Waals surface area contributed by atoms with Crippen LogP contribution in [0.2, 0.25) is 15.1 Å². The highest BCUT2D eigenvalue weighted by Crippen LogP contribution is 2.26. The Balaban J connectivity index is 1.63. The zero-order chi connectivity index (χ0) is 17.8. The standard InChI is InChI=1S/C17H11Cl3N2O3/c18-12-5-2-1-4-10(12)17-21-15(25-22-17)9-24-16(23)8-11-13(19)6-3-7-14(11)20/h1-7H,8-9H2. The molecule has 0 N–H and O–H groups in total. The van der Waals surface area contributed by atoms with Crippen LogP contribution in [0.15, 0.2) is 47.0 Å². The van der Waals surface area contributed by atoms with Gasteiger partial charge in [0.2, 0.25) is 5.82 Å². The van der Waals surface area contributed by atoms with Crippen LogP contribution in [-0.2, 0) is 22.6 Å². The normalized spacial score (nSPS) is 10.7. The lowest BCUT2D eigenvalue weighted by Crippen LogP contribution is -2.09.